The Balaban J connectivity index is 3.41. The number of hydrogen-bond acceptors (Lipinski definition) is 1. The van der Waals surface area contributed by atoms with Crippen molar-refractivity contribution >= 4 is 0 Å². The van der Waals surface area contributed by atoms with Gasteiger partial charge in [0.25, 0.3) is 0 Å². The molecule has 1 rings (SSSR count). The van der Waals surface area contributed by atoms with E-state index in [1.807, 2.05) is 26.8 Å². The van der Waals surface area contributed by atoms with Crippen molar-refractivity contribution in [2.24, 2.45) is 0 Å². The normalized spacial score (nSPS) is 10.2. The fourth-order valence-electron chi connectivity index (χ4n) is 1.48. The molecule has 0 aromatic heterocycles. The molecule has 2 heteroatoms. The van der Waals surface area contributed by atoms with Crippen molar-refractivity contribution in [1.29, 1.82) is 5.26 Å². The molecule has 0 amide bonds. The van der Waals surface area contributed by atoms with Crippen molar-refractivity contribution in [3.05, 3.63) is 34.6 Å². The van der Waals surface area contributed by atoms with Crippen molar-refractivity contribution in [2.75, 3.05) is 0 Å². The van der Waals surface area contributed by atoms with Gasteiger partial charge < -0.3 is 0 Å². The van der Waals surface area contributed by atoms with Gasteiger partial charge in [-0.25, -0.2) is 4.39 Å². The van der Waals surface area contributed by atoms with Crippen LogP contribution >= 0.6 is 0 Å². The number of aryl methyl sites for hydroxylation is 1. The van der Waals surface area contributed by atoms with E-state index in [1.165, 1.54) is 6.07 Å². The van der Waals surface area contributed by atoms with Crippen LogP contribution in [-0.2, 0) is 0 Å². The van der Waals surface area contributed by atoms with Crippen LogP contribution in [0.1, 0.15) is 36.5 Å². The molecule has 0 atom stereocenters. The summed E-state index contributed by atoms with van der Waals surface area (Å²) in [5, 5.41) is 8.63. The van der Waals surface area contributed by atoms with Crippen LogP contribution in [0.2, 0.25) is 0 Å². The van der Waals surface area contributed by atoms with E-state index in [9.17, 15) is 4.39 Å². The summed E-state index contributed by atoms with van der Waals surface area (Å²) >= 11 is 0. The molecule has 1 aromatic carbocycles. The standard InChI is InChI=1S/C11H12FN/c1-7(2)10-8(3)4-5-9(6-13)11(10)12/h4-5,7H,1-3H3. The van der Waals surface area contributed by atoms with Crippen LogP contribution in [0, 0.1) is 24.1 Å². The van der Waals surface area contributed by atoms with E-state index in [0.717, 1.165) is 5.56 Å². The average molecular weight is 177 g/mol. The van der Waals surface area contributed by atoms with Crippen LogP contribution in [0.25, 0.3) is 0 Å². The molecule has 1 aromatic rings. The maximum atomic E-state index is 13.6. The molecule has 0 saturated heterocycles. The van der Waals surface area contributed by atoms with Crippen molar-refractivity contribution in [3.8, 4) is 6.07 Å². The number of halogens is 1. The van der Waals surface area contributed by atoms with Crippen LogP contribution in [-0.4, -0.2) is 0 Å². The van der Waals surface area contributed by atoms with Gasteiger partial charge in [-0.2, -0.15) is 5.26 Å². The Kier molecular flexibility index (Phi) is 2.67. The minimum atomic E-state index is -0.363. The highest BCUT2D eigenvalue weighted by Gasteiger charge is 2.13. The fraction of sp³-hybridized carbons (Fsp3) is 0.364. The number of benzene rings is 1. The van der Waals surface area contributed by atoms with Gasteiger partial charge in [-0.3, -0.25) is 0 Å². The van der Waals surface area contributed by atoms with Crippen molar-refractivity contribution in [3.63, 3.8) is 0 Å². The minimum absolute atomic E-state index is 0.119. The Hall–Kier alpha value is -1.36. The number of rotatable bonds is 1. The summed E-state index contributed by atoms with van der Waals surface area (Å²) < 4.78 is 13.6. The SMILES string of the molecule is Cc1ccc(C#N)c(F)c1C(C)C. The second kappa shape index (κ2) is 3.57. The second-order valence-corrected chi connectivity index (χ2v) is 3.42. The highest BCUT2D eigenvalue weighted by Crippen LogP contribution is 2.24. The van der Waals surface area contributed by atoms with Crippen LogP contribution in [0.15, 0.2) is 12.1 Å². The Bertz CT molecular complexity index is 361. The predicted molar refractivity (Wildman–Crippen MR) is 49.9 cm³/mol. The van der Waals surface area contributed by atoms with Crippen molar-refractivity contribution in [1.82, 2.24) is 0 Å². The highest BCUT2D eigenvalue weighted by atomic mass is 19.1. The van der Waals surface area contributed by atoms with E-state index < -0.39 is 0 Å². The van der Waals surface area contributed by atoms with Gasteiger partial charge in [-0.1, -0.05) is 19.9 Å². The topological polar surface area (TPSA) is 23.8 Å². The third kappa shape index (κ3) is 1.70. The van der Waals surface area contributed by atoms with E-state index in [1.54, 1.807) is 6.07 Å². The molecule has 0 saturated carbocycles. The molecule has 1 nitrogen and oxygen atoms in total. The Morgan fingerprint density at radius 2 is 2.00 bits per heavy atom. The van der Waals surface area contributed by atoms with Crippen LogP contribution in [0.3, 0.4) is 0 Å². The molecule has 0 radical (unpaired) electrons. The summed E-state index contributed by atoms with van der Waals surface area (Å²) in [7, 11) is 0. The first-order chi connectivity index (χ1) is 6.07. The maximum absolute atomic E-state index is 13.6. The van der Waals surface area contributed by atoms with E-state index in [2.05, 4.69) is 0 Å². The van der Waals surface area contributed by atoms with Gasteiger partial charge in [-0.15, -0.1) is 0 Å². The van der Waals surface area contributed by atoms with Gasteiger partial charge in [0, 0.05) is 0 Å². The summed E-state index contributed by atoms with van der Waals surface area (Å²) in [6.07, 6.45) is 0. The fourth-order valence-corrected chi connectivity index (χ4v) is 1.48. The number of nitriles is 1. The summed E-state index contributed by atoms with van der Waals surface area (Å²) in [4.78, 5) is 0. The molecule has 0 unspecified atom stereocenters. The first-order valence-electron chi connectivity index (χ1n) is 4.27. The van der Waals surface area contributed by atoms with Gasteiger partial charge in [0.05, 0.1) is 5.56 Å². The second-order valence-electron chi connectivity index (χ2n) is 3.42. The minimum Gasteiger partial charge on any atom is -0.205 e. The van der Waals surface area contributed by atoms with Crippen molar-refractivity contribution < 1.29 is 4.39 Å². The van der Waals surface area contributed by atoms with Gasteiger partial charge >= 0.3 is 0 Å². The van der Waals surface area contributed by atoms with Crippen LogP contribution in [0.4, 0.5) is 4.39 Å². The van der Waals surface area contributed by atoms with E-state index in [0.29, 0.717) is 5.56 Å². The van der Waals surface area contributed by atoms with Gasteiger partial charge in [-0.05, 0) is 30.0 Å². The van der Waals surface area contributed by atoms with Gasteiger partial charge in [0.1, 0.15) is 11.9 Å². The summed E-state index contributed by atoms with van der Waals surface area (Å²) in [5.41, 5.74) is 1.69. The lowest BCUT2D eigenvalue weighted by Crippen LogP contribution is -1.99. The smallest absolute Gasteiger partial charge is 0.144 e. The lowest BCUT2D eigenvalue weighted by molar-refractivity contribution is 0.592. The first kappa shape index (κ1) is 9.73. The molecule has 0 fully saturated rings. The van der Waals surface area contributed by atoms with E-state index in [4.69, 9.17) is 5.26 Å². The first-order valence-corrected chi connectivity index (χ1v) is 4.27. The molecule has 0 aliphatic heterocycles. The zero-order chi connectivity index (χ0) is 10.0. The van der Waals surface area contributed by atoms with Crippen LogP contribution < -0.4 is 0 Å². The lowest BCUT2D eigenvalue weighted by Gasteiger charge is -2.11. The van der Waals surface area contributed by atoms with Crippen LogP contribution in [0.5, 0.6) is 0 Å². The number of hydrogen-bond donors (Lipinski definition) is 0. The molecule has 0 bridgehead atoms. The third-order valence-electron chi connectivity index (χ3n) is 2.10. The van der Waals surface area contributed by atoms with Gasteiger partial charge in [0.15, 0.2) is 0 Å². The Morgan fingerprint density at radius 1 is 1.38 bits per heavy atom. The third-order valence-corrected chi connectivity index (χ3v) is 2.10. The molecule has 0 heterocycles. The number of nitrogens with zero attached hydrogens (tertiary/aromatic N) is 1. The summed E-state index contributed by atoms with van der Waals surface area (Å²) in [6.45, 7) is 5.71. The lowest BCUT2D eigenvalue weighted by atomic mass is 9.95. The predicted octanol–water partition coefficient (Wildman–Crippen LogP) is 3.13. The highest BCUT2D eigenvalue weighted by molar-refractivity contribution is 5.40. The molecule has 13 heavy (non-hydrogen) atoms. The van der Waals surface area contributed by atoms with Gasteiger partial charge in [0.2, 0.25) is 0 Å². The quantitative estimate of drug-likeness (QED) is 0.646. The molecule has 0 spiro atoms. The molecular formula is C11H12FN. The maximum Gasteiger partial charge on any atom is 0.144 e. The average Bonchev–Trinajstić information content (AvgIpc) is 2.04. The largest absolute Gasteiger partial charge is 0.205 e. The van der Waals surface area contributed by atoms with E-state index >= 15 is 0 Å². The zero-order valence-electron chi connectivity index (χ0n) is 8.06. The summed E-state index contributed by atoms with van der Waals surface area (Å²) in [6, 6.07) is 5.16. The Morgan fingerprint density at radius 3 is 2.46 bits per heavy atom. The molecular weight excluding hydrogens is 165 g/mol. The summed E-state index contributed by atoms with van der Waals surface area (Å²) in [5.74, 6) is -0.245. The Labute approximate surface area is 77.8 Å². The zero-order valence-corrected chi connectivity index (χ0v) is 8.06. The molecule has 0 N–H and O–H groups in total. The molecule has 68 valence electrons. The van der Waals surface area contributed by atoms with Crippen molar-refractivity contribution in [2.45, 2.75) is 26.7 Å². The monoisotopic (exact) mass is 177 g/mol. The molecule has 0 aliphatic rings. The molecule has 0 aliphatic carbocycles. The van der Waals surface area contributed by atoms with E-state index in [-0.39, 0.29) is 17.3 Å².